The number of H-pyrrole nitrogens is 1. The summed E-state index contributed by atoms with van der Waals surface area (Å²) < 4.78 is 77.9. The lowest BCUT2D eigenvalue weighted by atomic mass is 10.1. The van der Waals surface area contributed by atoms with Crippen LogP contribution in [0.2, 0.25) is 0 Å². The average Bonchev–Trinajstić information content (AvgIpc) is 2.85. The molecule has 0 aliphatic carbocycles. The second-order valence-electron chi connectivity index (χ2n) is 7.73. The molecule has 0 aliphatic heterocycles. The Balaban J connectivity index is 1.57. The van der Waals surface area contributed by atoms with Crippen LogP contribution < -0.4 is 14.6 Å². The van der Waals surface area contributed by atoms with E-state index in [9.17, 15) is 22.0 Å². The number of halogens is 5. The first-order chi connectivity index (χ1) is 17.3. The first kappa shape index (κ1) is 24.8. The molecule has 0 aliphatic rings. The predicted molar refractivity (Wildman–Crippen MR) is 123 cm³/mol. The maximum absolute atomic E-state index is 13.9. The first-order valence-electron chi connectivity index (χ1n) is 10.8. The van der Waals surface area contributed by atoms with Crippen LogP contribution in [0.25, 0.3) is 12.2 Å². The summed E-state index contributed by atoms with van der Waals surface area (Å²) in [6.07, 6.45) is -2.50. The van der Waals surface area contributed by atoms with Gasteiger partial charge in [0.1, 0.15) is 36.1 Å². The van der Waals surface area contributed by atoms with E-state index in [-0.39, 0.29) is 24.7 Å². The Morgan fingerprint density at radius 1 is 0.750 bits per heavy atom. The van der Waals surface area contributed by atoms with Crippen LogP contribution in [0.1, 0.15) is 27.9 Å². The van der Waals surface area contributed by atoms with Crippen molar-refractivity contribution < 1.29 is 36.5 Å². The molecule has 9 heteroatoms. The van der Waals surface area contributed by atoms with Gasteiger partial charge in [-0.1, -0.05) is 71.8 Å². The summed E-state index contributed by atoms with van der Waals surface area (Å²) in [4.78, 5) is 0. The molecule has 1 N–H and O–H groups in total. The fraction of sp³-hybridized carbons (Fsp3) is 0.111. The Hall–Kier alpha value is -4.27. The highest BCUT2D eigenvalue weighted by atomic mass is 19.4. The topological polar surface area (TPSA) is 45.5 Å². The molecule has 0 atom stereocenters. The molecule has 4 aromatic rings. The number of nitrogens with one attached hydrogen (secondary N) is 1. The van der Waals surface area contributed by atoms with Crippen LogP contribution in [-0.4, -0.2) is 5.10 Å². The molecule has 184 valence electrons. The third-order valence-electron chi connectivity index (χ3n) is 5.05. The average molecular weight is 499 g/mol. The van der Waals surface area contributed by atoms with Gasteiger partial charge in [-0.2, -0.15) is 13.2 Å². The highest BCUT2D eigenvalue weighted by molar-refractivity contribution is 5.68. The molecule has 0 fully saturated rings. The van der Waals surface area contributed by atoms with Crippen molar-refractivity contribution in [2.45, 2.75) is 19.4 Å². The molecular weight excluding hydrogens is 479 g/mol. The van der Waals surface area contributed by atoms with Gasteiger partial charge in [-0.05, 0) is 34.9 Å². The maximum atomic E-state index is 13.9. The highest BCUT2D eigenvalue weighted by Crippen LogP contribution is 2.34. The van der Waals surface area contributed by atoms with Crippen molar-refractivity contribution >= 4 is 12.2 Å². The summed E-state index contributed by atoms with van der Waals surface area (Å²) in [5, 5.41) is 6.89. The SMILES string of the molecule is Fc1cc(/C=C/c2cc(OCc3ccccc3)c(OCc3ccccc3)[nH+]n2)cc(F)c1C(F)(F)F. The summed E-state index contributed by atoms with van der Waals surface area (Å²) in [7, 11) is 0. The molecular formula is C27H20F5N2O2+. The Labute approximate surface area is 203 Å². The second-order valence-corrected chi connectivity index (χ2v) is 7.73. The summed E-state index contributed by atoms with van der Waals surface area (Å²) in [6.45, 7) is 0.485. The van der Waals surface area contributed by atoms with E-state index in [0.29, 0.717) is 23.6 Å². The Morgan fingerprint density at radius 2 is 1.31 bits per heavy atom. The summed E-state index contributed by atoms with van der Waals surface area (Å²) in [5.41, 5.74) is 0.107. The molecule has 0 unspecified atom stereocenters. The van der Waals surface area contributed by atoms with Crippen LogP contribution in [0, 0.1) is 11.6 Å². The number of alkyl halides is 3. The molecule has 0 spiro atoms. The van der Waals surface area contributed by atoms with E-state index in [1.54, 1.807) is 6.07 Å². The summed E-state index contributed by atoms with van der Waals surface area (Å²) in [5.74, 6) is -2.80. The molecule has 4 rings (SSSR count). The van der Waals surface area contributed by atoms with Crippen molar-refractivity contribution in [3.8, 4) is 11.6 Å². The van der Waals surface area contributed by atoms with Gasteiger partial charge >= 0.3 is 12.1 Å². The van der Waals surface area contributed by atoms with E-state index in [2.05, 4.69) is 10.2 Å². The zero-order chi connectivity index (χ0) is 25.5. The van der Waals surface area contributed by atoms with Gasteiger partial charge in [-0.15, -0.1) is 0 Å². The molecule has 4 nitrogen and oxygen atoms in total. The number of hydrogen-bond acceptors (Lipinski definition) is 3. The Bertz CT molecular complexity index is 1320. The minimum absolute atomic E-state index is 0.101. The molecule has 0 saturated carbocycles. The lowest BCUT2D eigenvalue weighted by Gasteiger charge is -2.10. The van der Waals surface area contributed by atoms with E-state index >= 15 is 0 Å². The number of aromatic nitrogens is 2. The fourth-order valence-electron chi connectivity index (χ4n) is 3.30. The van der Waals surface area contributed by atoms with Gasteiger partial charge in [0, 0.05) is 11.2 Å². The number of benzene rings is 3. The summed E-state index contributed by atoms with van der Waals surface area (Å²) in [6, 6.07) is 21.6. The van der Waals surface area contributed by atoms with Gasteiger partial charge in [-0.3, -0.25) is 0 Å². The molecule has 0 amide bonds. The monoisotopic (exact) mass is 499 g/mol. The van der Waals surface area contributed by atoms with E-state index in [1.165, 1.54) is 12.2 Å². The Morgan fingerprint density at radius 3 is 1.86 bits per heavy atom. The normalized spacial score (nSPS) is 11.6. The number of rotatable bonds is 8. The second kappa shape index (κ2) is 11.0. The number of ether oxygens (including phenoxy) is 2. The van der Waals surface area contributed by atoms with Crippen LogP contribution in [0.5, 0.6) is 11.6 Å². The highest BCUT2D eigenvalue weighted by Gasteiger charge is 2.37. The van der Waals surface area contributed by atoms with Gasteiger partial charge < -0.3 is 9.47 Å². The summed E-state index contributed by atoms with van der Waals surface area (Å²) >= 11 is 0. The minimum atomic E-state index is -5.13. The quantitative estimate of drug-likeness (QED) is 0.259. The smallest absolute Gasteiger partial charge is 0.435 e. The van der Waals surface area contributed by atoms with Crippen LogP contribution in [0.3, 0.4) is 0 Å². The van der Waals surface area contributed by atoms with Crippen LogP contribution in [0.15, 0.2) is 78.9 Å². The standard InChI is InChI=1S/C27H19F5N2O2/c28-22-13-20(14-23(29)25(22)27(30,31)32)11-12-21-15-24(35-16-18-7-3-1-4-8-18)26(34-33-21)36-17-19-9-5-2-6-10-19/h1-15H,16-17H2/p+1/b12-11+. The number of aromatic amines is 1. The molecule has 3 aromatic carbocycles. The third kappa shape index (κ3) is 6.44. The van der Waals surface area contributed by atoms with Gasteiger partial charge in [0.15, 0.2) is 0 Å². The van der Waals surface area contributed by atoms with Crippen molar-refractivity contribution in [2.75, 3.05) is 0 Å². The Kier molecular flexibility index (Phi) is 7.58. The lowest BCUT2D eigenvalue weighted by Crippen LogP contribution is -2.17. The number of nitrogens with zero attached hydrogens (tertiary/aromatic N) is 1. The maximum Gasteiger partial charge on any atom is 0.435 e. The first-order valence-corrected chi connectivity index (χ1v) is 10.8. The van der Waals surface area contributed by atoms with Crippen LogP contribution in [0.4, 0.5) is 22.0 Å². The van der Waals surface area contributed by atoms with Crippen LogP contribution >= 0.6 is 0 Å². The van der Waals surface area contributed by atoms with E-state index in [0.717, 1.165) is 11.1 Å². The van der Waals surface area contributed by atoms with Gasteiger partial charge in [0.25, 0.3) is 0 Å². The number of hydrogen-bond donors (Lipinski definition) is 0. The van der Waals surface area contributed by atoms with Crippen molar-refractivity contribution in [3.05, 3.63) is 118 Å². The van der Waals surface area contributed by atoms with Gasteiger partial charge in [0.2, 0.25) is 5.75 Å². The van der Waals surface area contributed by atoms with Crippen molar-refractivity contribution in [2.24, 2.45) is 0 Å². The molecule has 0 saturated heterocycles. The van der Waals surface area contributed by atoms with E-state index in [1.807, 2.05) is 60.7 Å². The van der Waals surface area contributed by atoms with Crippen molar-refractivity contribution in [1.29, 1.82) is 0 Å². The van der Waals surface area contributed by atoms with Gasteiger partial charge in [-0.25, -0.2) is 8.78 Å². The molecule has 36 heavy (non-hydrogen) atoms. The van der Waals surface area contributed by atoms with E-state index in [4.69, 9.17) is 9.47 Å². The van der Waals surface area contributed by atoms with Crippen molar-refractivity contribution in [1.82, 2.24) is 5.10 Å². The third-order valence-corrected chi connectivity index (χ3v) is 5.05. The predicted octanol–water partition coefficient (Wildman–Crippen LogP) is 6.52. The fourth-order valence-corrected chi connectivity index (χ4v) is 3.30. The largest absolute Gasteiger partial charge is 0.480 e. The van der Waals surface area contributed by atoms with E-state index < -0.39 is 23.4 Å². The molecule has 0 radical (unpaired) electrons. The molecule has 0 bridgehead atoms. The lowest BCUT2D eigenvalue weighted by molar-refractivity contribution is -0.469. The zero-order valence-electron chi connectivity index (χ0n) is 18.7. The van der Waals surface area contributed by atoms with Crippen LogP contribution in [-0.2, 0) is 19.4 Å². The molecule has 1 heterocycles. The minimum Gasteiger partial charge on any atom is -0.480 e. The molecule has 1 aromatic heterocycles. The van der Waals surface area contributed by atoms with Gasteiger partial charge in [0.05, 0.1) is 0 Å². The zero-order valence-corrected chi connectivity index (χ0v) is 18.7. The van der Waals surface area contributed by atoms with Crippen molar-refractivity contribution in [3.63, 3.8) is 0 Å².